The molecule has 1 unspecified atom stereocenters. The summed E-state index contributed by atoms with van der Waals surface area (Å²) in [5.41, 5.74) is 1.92. The van der Waals surface area contributed by atoms with Crippen molar-refractivity contribution in [1.29, 1.82) is 0 Å². The molecule has 2 aromatic carbocycles. The Labute approximate surface area is 139 Å². The van der Waals surface area contributed by atoms with Gasteiger partial charge in [0.15, 0.2) is 11.6 Å². The molecule has 1 amide bonds. The molecular formula is C19H18F3NO. The summed E-state index contributed by atoms with van der Waals surface area (Å²) in [6.07, 6.45) is 1.43. The predicted molar refractivity (Wildman–Crippen MR) is 87.6 cm³/mol. The summed E-state index contributed by atoms with van der Waals surface area (Å²) in [6.45, 7) is 3.48. The van der Waals surface area contributed by atoms with E-state index in [9.17, 15) is 18.0 Å². The normalized spacial score (nSPS) is 12.8. The minimum Gasteiger partial charge on any atom is -0.335 e. The van der Waals surface area contributed by atoms with Crippen LogP contribution in [0.5, 0.6) is 0 Å². The molecule has 0 aliphatic carbocycles. The molecule has 0 spiro atoms. The molecule has 2 rings (SSSR count). The van der Waals surface area contributed by atoms with Gasteiger partial charge in [-0.15, -0.1) is 0 Å². The second-order valence-corrected chi connectivity index (χ2v) is 5.63. The molecule has 0 radical (unpaired) electrons. The van der Waals surface area contributed by atoms with E-state index in [1.165, 1.54) is 29.2 Å². The number of halogens is 3. The van der Waals surface area contributed by atoms with Crippen LogP contribution < -0.4 is 0 Å². The molecule has 0 fully saturated rings. The SMILES string of the molecule is C/C(=C/C(=O)N(C)C(C)c1ccc(F)c(F)c1)c1ccc(F)cc1. The molecule has 0 N–H and O–H groups in total. The lowest BCUT2D eigenvalue weighted by Gasteiger charge is -2.24. The van der Waals surface area contributed by atoms with Gasteiger partial charge in [-0.1, -0.05) is 18.2 Å². The fourth-order valence-corrected chi connectivity index (χ4v) is 2.27. The smallest absolute Gasteiger partial charge is 0.247 e. The summed E-state index contributed by atoms with van der Waals surface area (Å²) in [4.78, 5) is 13.8. The van der Waals surface area contributed by atoms with E-state index < -0.39 is 17.7 Å². The van der Waals surface area contributed by atoms with Gasteiger partial charge < -0.3 is 4.90 Å². The number of hydrogen-bond donors (Lipinski definition) is 0. The second-order valence-electron chi connectivity index (χ2n) is 5.63. The van der Waals surface area contributed by atoms with Crippen LogP contribution in [0.3, 0.4) is 0 Å². The second kappa shape index (κ2) is 7.34. The summed E-state index contributed by atoms with van der Waals surface area (Å²) in [7, 11) is 1.59. The lowest BCUT2D eigenvalue weighted by atomic mass is 10.1. The first kappa shape index (κ1) is 17.8. The Bertz CT molecular complexity index is 769. The summed E-state index contributed by atoms with van der Waals surface area (Å²) >= 11 is 0. The van der Waals surface area contributed by atoms with E-state index in [4.69, 9.17) is 0 Å². The van der Waals surface area contributed by atoms with Crippen LogP contribution in [-0.4, -0.2) is 17.9 Å². The Hall–Kier alpha value is -2.56. The molecule has 0 saturated heterocycles. The Morgan fingerprint density at radius 1 is 1.04 bits per heavy atom. The first-order chi connectivity index (χ1) is 11.3. The van der Waals surface area contributed by atoms with Crippen molar-refractivity contribution in [1.82, 2.24) is 4.90 Å². The molecule has 5 heteroatoms. The molecule has 126 valence electrons. The number of nitrogens with zero attached hydrogens (tertiary/aromatic N) is 1. The quantitative estimate of drug-likeness (QED) is 0.741. The highest BCUT2D eigenvalue weighted by molar-refractivity contribution is 5.94. The van der Waals surface area contributed by atoms with Crippen LogP contribution in [0.2, 0.25) is 0 Å². The Morgan fingerprint density at radius 3 is 2.25 bits per heavy atom. The van der Waals surface area contributed by atoms with Gasteiger partial charge in [0.05, 0.1) is 6.04 Å². The Kier molecular flexibility index (Phi) is 5.44. The van der Waals surface area contributed by atoms with Crippen molar-refractivity contribution in [2.24, 2.45) is 0 Å². The summed E-state index contributed by atoms with van der Waals surface area (Å²) in [6, 6.07) is 8.98. The monoisotopic (exact) mass is 333 g/mol. The maximum atomic E-state index is 13.3. The lowest BCUT2D eigenvalue weighted by Crippen LogP contribution is -2.28. The van der Waals surface area contributed by atoms with Crippen LogP contribution in [0.4, 0.5) is 13.2 Å². The molecule has 0 aliphatic rings. The van der Waals surface area contributed by atoms with E-state index in [-0.39, 0.29) is 11.7 Å². The van der Waals surface area contributed by atoms with Crippen molar-refractivity contribution in [3.8, 4) is 0 Å². The van der Waals surface area contributed by atoms with Gasteiger partial charge in [-0.05, 0) is 54.8 Å². The molecular weight excluding hydrogens is 315 g/mol. The molecule has 0 aromatic heterocycles. The van der Waals surface area contributed by atoms with E-state index in [2.05, 4.69) is 0 Å². The fourth-order valence-electron chi connectivity index (χ4n) is 2.27. The van der Waals surface area contributed by atoms with Crippen LogP contribution >= 0.6 is 0 Å². The van der Waals surface area contributed by atoms with Crippen LogP contribution in [0.25, 0.3) is 5.57 Å². The van der Waals surface area contributed by atoms with Gasteiger partial charge >= 0.3 is 0 Å². The largest absolute Gasteiger partial charge is 0.335 e. The van der Waals surface area contributed by atoms with Gasteiger partial charge in [-0.2, -0.15) is 0 Å². The van der Waals surface area contributed by atoms with E-state index in [1.54, 1.807) is 33.0 Å². The molecule has 0 aliphatic heterocycles. The number of rotatable bonds is 4. The summed E-state index contributed by atoms with van der Waals surface area (Å²) in [5, 5.41) is 0. The molecule has 0 bridgehead atoms. The van der Waals surface area contributed by atoms with Crippen LogP contribution in [0.1, 0.15) is 31.0 Å². The van der Waals surface area contributed by atoms with Crippen LogP contribution in [0, 0.1) is 17.5 Å². The standard InChI is InChI=1S/C19H18F3NO/c1-12(14-4-7-16(20)8-5-14)10-19(24)23(3)13(2)15-6-9-17(21)18(22)11-15/h4-11,13H,1-3H3/b12-10-. The number of amides is 1. The number of hydrogen-bond acceptors (Lipinski definition) is 1. The first-order valence-corrected chi connectivity index (χ1v) is 7.45. The van der Waals surface area contributed by atoms with Gasteiger partial charge in [0.25, 0.3) is 0 Å². The highest BCUT2D eigenvalue weighted by Crippen LogP contribution is 2.22. The maximum Gasteiger partial charge on any atom is 0.247 e. The molecule has 0 saturated carbocycles. The van der Waals surface area contributed by atoms with Crippen molar-refractivity contribution in [3.63, 3.8) is 0 Å². The average Bonchev–Trinajstić information content (AvgIpc) is 2.56. The zero-order valence-corrected chi connectivity index (χ0v) is 13.7. The highest BCUT2D eigenvalue weighted by atomic mass is 19.2. The van der Waals surface area contributed by atoms with E-state index in [0.29, 0.717) is 11.1 Å². The third kappa shape index (κ3) is 4.04. The minimum absolute atomic E-state index is 0.283. The third-order valence-electron chi connectivity index (χ3n) is 3.99. The minimum atomic E-state index is -0.946. The van der Waals surface area contributed by atoms with E-state index in [1.807, 2.05) is 0 Å². The van der Waals surface area contributed by atoms with Crippen LogP contribution in [-0.2, 0) is 4.79 Å². The van der Waals surface area contributed by atoms with Gasteiger partial charge in [-0.3, -0.25) is 4.79 Å². The van der Waals surface area contributed by atoms with E-state index >= 15 is 0 Å². The van der Waals surface area contributed by atoms with Crippen molar-refractivity contribution in [2.75, 3.05) is 7.05 Å². The molecule has 1 atom stereocenters. The number of carbonyl (C=O) groups is 1. The topological polar surface area (TPSA) is 20.3 Å². The number of benzene rings is 2. The average molecular weight is 333 g/mol. The Morgan fingerprint density at radius 2 is 1.67 bits per heavy atom. The lowest BCUT2D eigenvalue weighted by molar-refractivity contribution is -0.126. The summed E-state index contributed by atoms with van der Waals surface area (Å²) < 4.78 is 39.3. The highest BCUT2D eigenvalue weighted by Gasteiger charge is 2.17. The van der Waals surface area contributed by atoms with Gasteiger partial charge in [-0.25, -0.2) is 13.2 Å². The molecule has 2 nitrogen and oxygen atoms in total. The van der Waals surface area contributed by atoms with E-state index in [0.717, 1.165) is 17.7 Å². The number of carbonyl (C=O) groups excluding carboxylic acids is 1. The van der Waals surface area contributed by atoms with Crippen molar-refractivity contribution in [3.05, 3.63) is 77.1 Å². The predicted octanol–water partition coefficient (Wildman–Crippen LogP) is 4.73. The fraction of sp³-hybridized carbons (Fsp3) is 0.211. The number of allylic oxidation sites excluding steroid dienone is 1. The first-order valence-electron chi connectivity index (χ1n) is 7.45. The molecule has 2 aromatic rings. The summed E-state index contributed by atoms with van der Waals surface area (Å²) in [5.74, 6) is -2.50. The van der Waals surface area contributed by atoms with Crippen molar-refractivity contribution >= 4 is 11.5 Å². The zero-order chi connectivity index (χ0) is 17.9. The molecule has 0 heterocycles. The third-order valence-corrected chi connectivity index (χ3v) is 3.99. The van der Waals surface area contributed by atoms with Gasteiger partial charge in [0.2, 0.25) is 5.91 Å². The van der Waals surface area contributed by atoms with Gasteiger partial charge in [0, 0.05) is 13.1 Å². The number of likely N-dealkylation sites (N-methyl/N-ethyl adjacent to an activating group) is 1. The van der Waals surface area contributed by atoms with Crippen molar-refractivity contribution < 1.29 is 18.0 Å². The molecule has 24 heavy (non-hydrogen) atoms. The zero-order valence-electron chi connectivity index (χ0n) is 13.7. The van der Waals surface area contributed by atoms with Crippen molar-refractivity contribution in [2.45, 2.75) is 19.9 Å². The van der Waals surface area contributed by atoms with Crippen LogP contribution in [0.15, 0.2) is 48.5 Å². The maximum absolute atomic E-state index is 13.3. The Balaban J connectivity index is 2.17. The van der Waals surface area contributed by atoms with Gasteiger partial charge in [0.1, 0.15) is 5.82 Å².